The highest BCUT2D eigenvalue weighted by atomic mass is 16.2. The molecule has 3 rings (SSSR count). The predicted octanol–water partition coefficient (Wildman–Crippen LogP) is 2.12. The smallest absolute Gasteiger partial charge is 0.280 e. The van der Waals surface area contributed by atoms with Crippen LogP contribution >= 0.6 is 0 Å². The summed E-state index contributed by atoms with van der Waals surface area (Å²) in [7, 11) is 3.46. The van der Waals surface area contributed by atoms with E-state index in [4.69, 9.17) is 5.41 Å². The quantitative estimate of drug-likeness (QED) is 0.666. The normalized spacial score (nSPS) is 10.8. The van der Waals surface area contributed by atoms with Gasteiger partial charge in [-0.3, -0.25) is 19.7 Å². The van der Waals surface area contributed by atoms with Crippen LogP contribution in [0, 0.1) is 5.41 Å². The number of hydrogen-bond acceptors (Lipinski definition) is 4. The number of aromatic nitrogens is 3. The number of H-pyrrole nitrogens is 1. The molecule has 7 heteroatoms. The first-order valence-corrected chi connectivity index (χ1v) is 8.41. The first kappa shape index (κ1) is 17.6. The van der Waals surface area contributed by atoms with E-state index in [-0.39, 0.29) is 11.5 Å². The number of carbonyl (C=O) groups excluding carboxylic acids is 1. The minimum Gasteiger partial charge on any atom is -0.349 e. The largest absolute Gasteiger partial charge is 0.349 e. The topological polar surface area (TPSA) is 94.8 Å². The van der Waals surface area contributed by atoms with Crippen molar-refractivity contribution in [3.8, 4) is 5.69 Å². The molecule has 1 aromatic carbocycles. The Morgan fingerprint density at radius 2 is 2.04 bits per heavy atom. The van der Waals surface area contributed by atoms with Crippen LogP contribution in [0.5, 0.6) is 0 Å². The first-order valence-electron chi connectivity index (χ1n) is 8.41. The summed E-state index contributed by atoms with van der Waals surface area (Å²) in [6.07, 6.45) is 4.39. The second kappa shape index (κ2) is 7.35. The number of rotatable bonds is 6. The Balaban J connectivity index is 1.96. The van der Waals surface area contributed by atoms with Gasteiger partial charge in [0.25, 0.3) is 5.56 Å². The molecule has 0 aliphatic heterocycles. The molecule has 0 atom stereocenters. The van der Waals surface area contributed by atoms with E-state index in [2.05, 4.69) is 10.1 Å². The van der Waals surface area contributed by atoms with Gasteiger partial charge in [0.05, 0.1) is 22.3 Å². The van der Waals surface area contributed by atoms with Gasteiger partial charge in [0.1, 0.15) is 0 Å². The molecule has 2 aromatic heterocycles. The highest BCUT2D eigenvalue weighted by molar-refractivity contribution is 5.97. The SMILES string of the molecule is CN(C)C(=O)CCCc1ncc2c(=O)n(-c3ccccc3)[nH]c2c1C=N. The molecule has 2 N–H and O–H groups in total. The molecular formula is C19H21N5O2. The molecule has 0 unspecified atom stereocenters. The van der Waals surface area contributed by atoms with Gasteiger partial charge in [0.15, 0.2) is 0 Å². The van der Waals surface area contributed by atoms with Gasteiger partial charge >= 0.3 is 0 Å². The van der Waals surface area contributed by atoms with Crippen LogP contribution in [0.15, 0.2) is 41.3 Å². The van der Waals surface area contributed by atoms with Gasteiger partial charge in [-0.15, -0.1) is 0 Å². The Bertz CT molecular complexity index is 1000. The Kier molecular flexibility index (Phi) is 4.97. The van der Waals surface area contributed by atoms with Gasteiger partial charge in [-0.05, 0) is 25.0 Å². The number of para-hydroxylation sites is 1. The molecule has 0 saturated carbocycles. The third-order valence-corrected chi connectivity index (χ3v) is 4.32. The van der Waals surface area contributed by atoms with E-state index in [0.717, 1.165) is 5.69 Å². The van der Waals surface area contributed by atoms with Crippen LogP contribution in [0.4, 0.5) is 0 Å². The van der Waals surface area contributed by atoms with Crippen molar-refractivity contribution in [2.45, 2.75) is 19.3 Å². The lowest BCUT2D eigenvalue weighted by Crippen LogP contribution is -2.21. The number of nitrogens with one attached hydrogen (secondary N) is 2. The minimum absolute atomic E-state index is 0.0612. The van der Waals surface area contributed by atoms with Crippen molar-refractivity contribution in [1.29, 1.82) is 5.41 Å². The van der Waals surface area contributed by atoms with Crippen molar-refractivity contribution < 1.29 is 4.79 Å². The van der Waals surface area contributed by atoms with E-state index >= 15 is 0 Å². The fraction of sp³-hybridized carbons (Fsp3) is 0.263. The average molecular weight is 351 g/mol. The zero-order valence-electron chi connectivity index (χ0n) is 14.8. The van der Waals surface area contributed by atoms with Crippen LogP contribution < -0.4 is 5.56 Å². The molecule has 2 heterocycles. The summed E-state index contributed by atoms with van der Waals surface area (Å²) in [5.74, 6) is 0.0612. The lowest BCUT2D eigenvalue weighted by Gasteiger charge is -2.10. The summed E-state index contributed by atoms with van der Waals surface area (Å²) in [5.41, 5.74) is 2.42. The molecule has 1 amide bonds. The first-order chi connectivity index (χ1) is 12.5. The highest BCUT2D eigenvalue weighted by Crippen LogP contribution is 2.18. The van der Waals surface area contributed by atoms with Gasteiger partial charge in [0, 0.05) is 38.5 Å². The summed E-state index contributed by atoms with van der Waals surface area (Å²) >= 11 is 0. The molecule has 0 aliphatic rings. The third-order valence-electron chi connectivity index (χ3n) is 4.32. The zero-order valence-corrected chi connectivity index (χ0v) is 14.8. The van der Waals surface area contributed by atoms with Crippen LogP contribution in [0.3, 0.4) is 0 Å². The lowest BCUT2D eigenvalue weighted by atomic mass is 10.1. The molecule has 0 radical (unpaired) electrons. The van der Waals surface area contributed by atoms with Crippen LogP contribution in [0.1, 0.15) is 24.1 Å². The number of benzene rings is 1. The summed E-state index contributed by atoms with van der Waals surface area (Å²) < 4.78 is 1.46. The molecule has 0 bridgehead atoms. The van der Waals surface area contributed by atoms with Crippen molar-refractivity contribution >= 4 is 23.0 Å². The minimum atomic E-state index is -0.198. The number of pyridine rings is 1. The summed E-state index contributed by atoms with van der Waals surface area (Å²) in [6, 6.07) is 9.27. The van der Waals surface area contributed by atoms with Gasteiger partial charge in [-0.2, -0.15) is 0 Å². The summed E-state index contributed by atoms with van der Waals surface area (Å²) in [5, 5.41) is 11.3. The molecule has 0 fully saturated rings. The van der Waals surface area contributed by atoms with Crippen molar-refractivity contribution in [3.63, 3.8) is 0 Å². The second-order valence-electron chi connectivity index (χ2n) is 6.28. The lowest BCUT2D eigenvalue weighted by molar-refractivity contribution is -0.128. The van der Waals surface area contributed by atoms with E-state index in [1.54, 1.807) is 25.2 Å². The molecular weight excluding hydrogens is 330 g/mol. The molecule has 0 aliphatic carbocycles. The zero-order chi connectivity index (χ0) is 18.7. The summed E-state index contributed by atoms with van der Waals surface area (Å²) in [4.78, 5) is 30.3. The van der Waals surface area contributed by atoms with Crippen LogP contribution in [0.2, 0.25) is 0 Å². The highest BCUT2D eigenvalue weighted by Gasteiger charge is 2.15. The van der Waals surface area contributed by atoms with E-state index < -0.39 is 0 Å². The second-order valence-corrected chi connectivity index (χ2v) is 6.28. The van der Waals surface area contributed by atoms with E-state index in [1.807, 2.05) is 30.3 Å². The number of fused-ring (bicyclic) bond motifs is 1. The van der Waals surface area contributed by atoms with E-state index in [0.29, 0.717) is 41.4 Å². The maximum absolute atomic E-state index is 12.7. The number of aryl methyl sites for hydroxylation is 1. The fourth-order valence-corrected chi connectivity index (χ4v) is 2.88. The van der Waals surface area contributed by atoms with Crippen molar-refractivity contribution in [2.75, 3.05) is 14.1 Å². The van der Waals surface area contributed by atoms with Gasteiger partial charge in [-0.25, -0.2) is 4.68 Å². The maximum Gasteiger partial charge on any atom is 0.280 e. The number of hydrogen-bond donors (Lipinski definition) is 2. The van der Waals surface area contributed by atoms with Crippen LogP contribution in [0.25, 0.3) is 16.6 Å². The van der Waals surface area contributed by atoms with Gasteiger partial charge in [0.2, 0.25) is 5.91 Å². The van der Waals surface area contributed by atoms with Crippen LogP contribution in [-0.2, 0) is 11.2 Å². The molecule has 0 spiro atoms. The van der Waals surface area contributed by atoms with E-state index in [1.165, 1.54) is 10.9 Å². The Hall–Kier alpha value is -3.22. The summed E-state index contributed by atoms with van der Waals surface area (Å²) in [6.45, 7) is 0. The molecule has 0 saturated heterocycles. The predicted molar refractivity (Wildman–Crippen MR) is 101 cm³/mol. The van der Waals surface area contributed by atoms with Crippen molar-refractivity contribution in [2.24, 2.45) is 0 Å². The van der Waals surface area contributed by atoms with E-state index in [9.17, 15) is 9.59 Å². The third kappa shape index (κ3) is 3.28. The Morgan fingerprint density at radius 1 is 1.31 bits per heavy atom. The standard InChI is InChI=1S/C19H21N5O2/c1-23(2)17(25)10-6-9-16-14(11-20)18-15(12-21-16)19(26)24(22-18)13-7-4-3-5-8-13/h3-5,7-8,11-12,20,22H,6,9-10H2,1-2H3. The van der Waals surface area contributed by atoms with Gasteiger partial charge in [-0.1, -0.05) is 18.2 Å². The number of nitrogens with zero attached hydrogens (tertiary/aromatic N) is 3. The molecule has 7 nitrogen and oxygen atoms in total. The monoisotopic (exact) mass is 351 g/mol. The molecule has 26 heavy (non-hydrogen) atoms. The fourth-order valence-electron chi connectivity index (χ4n) is 2.88. The number of carbonyl (C=O) groups is 1. The van der Waals surface area contributed by atoms with Gasteiger partial charge < -0.3 is 10.3 Å². The van der Waals surface area contributed by atoms with Crippen molar-refractivity contribution in [1.82, 2.24) is 19.7 Å². The Labute approximate surface area is 150 Å². The number of aromatic amines is 1. The maximum atomic E-state index is 12.7. The average Bonchev–Trinajstić information content (AvgIpc) is 2.99. The Morgan fingerprint density at radius 3 is 2.69 bits per heavy atom. The molecule has 134 valence electrons. The molecule has 3 aromatic rings. The van der Waals surface area contributed by atoms with Crippen molar-refractivity contribution in [3.05, 3.63) is 58.1 Å². The number of amides is 1. The van der Waals surface area contributed by atoms with Crippen LogP contribution in [-0.4, -0.2) is 45.9 Å².